The smallest absolute Gasteiger partial charge is 0.422 e. The molecule has 1 aromatic heterocycles. The average molecular weight is 684 g/mol. The second kappa shape index (κ2) is 11.9. The Labute approximate surface area is 250 Å². The molecule has 7 nitrogen and oxygen atoms in total. The van der Waals surface area contributed by atoms with E-state index in [-0.39, 0.29) is 72.9 Å². The zero-order valence-electron chi connectivity index (χ0n) is 20.2. The molecular weight excluding hydrogens is 666 g/mol. The van der Waals surface area contributed by atoms with Crippen LogP contribution in [0.4, 0.5) is 23.2 Å². The Balaban J connectivity index is 0.00000420. The Morgan fingerprint density at radius 2 is 1.85 bits per heavy atom. The van der Waals surface area contributed by atoms with Gasteiger partial charge in [0, 0.05) is 39.1 Å². The molecule has 1 aliphatic rings. The molecule has 0 aliphatic carbocycles. The van der Waals surface area contributed by atoms with E-state index in [9.17, 15) is 32.3 Å². The summed E-state index contributed by atoms with van der Waals surface area (Å²) in [5.41, 5.74) is -1.40. The van der Waals surface area contributed by atoms with Gasteiger partial charge in [-0.3, -0.25) is 4.79 Å². The summed E-state index contributed by atoms with van der Waals surface area (Å²) in [6.07, 6.45) is -3.50. The first-order valence-corrected chi connectivity index (χ1v) is 11.7. The van der Waals surface area contributed by atoms with Crippen LogP contribution in [0.1, 0.15) is 27.8 Å². The zero-order chi connectivity index (χ0) is 27.8. The Hall–Kier alpha value is -2.49. The molecule has 2 amide bonds. The first-order chi connectivity index (χ1) is 17.7. The molecule has 1 aliphatic heterocycles. The number of likely N-dealkylation sites (tertiary alicyclic amines) is 1. The molecule has 0 bridgehead atoms. The molecule has 0 spiro atoms. The molecular formula is C25H18CdCl2F4N3O4-. The molecule has 39 heavy (non-hydrogen) atoms. The van der Waals surface area contributed by atoms with Crippen molar-refractivity contribution in [3.8, 4) is 16.9 Å². The number of nitrogens with zero attached hydrogens (tertiary/aromatic N) is 3. The molecule has 1 N–H and O–H groups in total. The molecule has 0 radical (unpaired) electrons. The van der Waals surface area contributed by atoms with Gasteiger partial charge in [-0.25, -0.2) is 9.37 Å². The van der Waals surface area contributed by atoms with Crippen molar-refractivity contribution in [1.82, 2.24) is 9.88 Å². The standard InChI is InChI=1S/C25H19Cl2F4N3O4.Cd/c1-24(37)10-34(11-24)23(36)19-8-14(16(27)9-32-19)13-5-6-18(20(7-13)38-12-25(29,30)31)33-22(35)21-15(26)3-2-4-17(21)28;/h2-9,37H,10-12H2,1H3,(H,32,33,35);/p-1. The van der Waals surface area contributed by atoms with Gasteiger partial charge in [0.25, 0.3) is 5.91 Å². The van der Waals surface area contributed by atoms with E-state index in [4.69, 9.17) is 27.9 Å². The monoisotopic (exact) mass is 684 g/mol. The summed E-state index contributed by atoms with van der Waals surface area (Å²) in [5, 5.41) is 13.5. The van der Waals surface area contributed by atoms with Gasteiger partial charge in [-0.05, 0) is 36.8 Å². The quantitative estimate of drug-likeness (QED) is 0.247. The minimum Gasteiger partial charge on any atom is -0.620 e. The topological polar surface area (TPSA) is 93.8 Å². The summed E-state index contributed by atoms with van der Waals surface area (Å²) < 4.78 is 57.8. The molecule has 2 aromatic carbocycles. The van der Waals surface area contributed by atoms with Crippen LogP contribution in [0.15, 0.2) is 48.7 Å². The number of β-amino-alcohol motifs (C(OH)–C–C–N with tert-alkyl or cyclic N) is 1. The van der Waals surface area contributed by atoms with Crippen LogP contribution in [0.2, 0.25) is 10.0 Å². The van der Waals surface area contributed by atoms with Crippen molar-refractivity contribution in [2.75, 3.05) is 19.7 Å². The normalized spacial score (nSPS) is 14.2. The van der Waals surface area contributed by atoms with Gasteiger partial charge >= 0.3 is 6.18 Å². The van der Waals surface area contributed by atoms with Crippen LogP contribution in [-0.2, 0) is 27.3 Å². The van der Waals surface area contributed by atoms with E-state index in [2.05, 4.69) is 10.3 Å². The third kappa shape index (κ3) is 7.38. The van der Waals surface area contributed by atoms with Gasteiger partial charge in [0.1, 0.15) is 17.3 Å². The van der Waals surface area contributed by atoms with Gasteiger partial charge in [0.2, 0.25) is 0 Å². The first kappa shape index (κ1) is 31.0. The first-order valence-electron chi connectivity index (χ1n) is 11.0. The van der Waals surface area contributed by atoms with Gasteiger partial charge in [-0.1, -0.05) is 47.1 Å². The maximum absolute atomic E-state index is 14.2. The third-order valence-electron chi connectivity index (χ3n) is 5.49. The van der Waals surface area contributed by atoms with Crippen LogP contribution >= 0.6 is 23.2 Å². The SMILES string of the molecule is CC1(O)CN(C(=O)c2cc(-c3ccc([N-]C(=O)c4c(F)cccc4Cl)c(OCC(F)(F)F)c3)c(Cl)cn2)C1.[Cd]. The van der Waals surface area contributed by atoms with Crippen LogP contribution in [0.25, 0.3) is 16.4 Å². The van der Waals surface area contributed by atoms with Gasteiger partial charge in [-0.15, -0.1) is 0 Å². The molecule has 4 rings (SSSR count). The van der Waals surface area contributed by atoms with Crippen LogP contribution in [-0.4, -0.2) is 58.3 Å². The van der Waals surface area contributed by atoms with E-state index in [0.717, 1.165) is 12.1 Å². The van der Waals surface area contributed by atoms with Crippen molar-refractivity contribution in [3.05, 3.63) is 81.1 Å². The van der Waals surface area contributed by atoms with Crippen molar-refractivity contribution in [2.24, 2.45) is 0 Å². The van der Waals surface area contributed by atoms with Gasteiger partial charge in [0.05, 0.1) is 40.2 Å². The number of rotatable bonds is 6. The van der Waals surface area contributed by atoms with Crippen LogP contribution in [0.3, 0.4) is 0 Å². The number of ether oxygens (including phenoxy) is 1. The Morgan fingerprint density at radius 1 is 1.15 bits per heavy atom. The predicted molar refractivity (Wildman–Crippen MR) is 132 cm³/mol. The van der Waals surface area contributed by atoms with Crippen LogP contribution in [0, 0.1) is 5.82 Å². The maximum atomic E-state index is 14.2. The summed E-state index contributed by atoms with van der Waals surface area (Å²) in [4.78, 5) is 30.7. The van der Waals surface area contributed by atoms with E-state index < -0.39 is 47.3 Å². The van der Waals surface area contributed by atoms with E-state index in [1.165, 1.54) is 41.4 Å². The molecule has 2 heterocycles. The number of hydrogen-bond acceptors (Lipinski definition) is 5. The van der Waals surface area contributed by atoms with Crippen molar-refractivity contribution < 1.29 is 64.3 Å². The number of carbonyl (C=O) groups excluding carboxylic acids is 2. The zero-order valence-corrected chi connectivity index (χ0v) is 25.8. The number of amides is 2. The number of aliphatic hydroxyl groups is 1. The van der Waals surface area contributed by atoms with E-state index >= 15 is 0 Å². The Bertz CT molecular complexity index is 1390. The van der Waals surface area contributed by atoms with Gasteiger partial charge < -0.3 is 24.9 Å². The number of benzene rings is 2. The average Bonchev–Trinajstić information content (AvgIpc) is 2.81. The summed E-state index contributed by atoms with van der Waals surface area (Å²) >= 11 is 12.2. The second-order valence-electron chi connectivity index (χ2n) is 8.81. The molecule has 3 aromatic rings. The molecule has 1 saturated heterocycles. The van der Waals surface area contributed by atoms with Gasteiger partial charge in [0.15, 0.2) is 6.61 Å². The van der Waals surface area contributed by atoms with E-state index in [1.54, 1.807) is 6.92 Å². The van der Waals surface area contributed by atoms with Gasteiger partial charge in [-0.2, -0.15) is 13.2 Å². The Morgan fingerprint density at radius 3 is 2.46 bits per heavy atom. The number of aromatic nitrogens is 1. The second-order valence-corrected chi connectivity index (χ2v) is 9.62. The molecule has 14 heteroatoms. The van der Waals surface area contributed by atoms with E-state index in [1.807, 2.05) is 0 Å². The fraction of sp³-hybridized carbons (Fsp3) is 0.240. The van der Waals surface area contributed by atoms with Crippen molar-refractivity contribution >= 4 is 40.7 Å². The number of pyridine rings is 1. The van der Waals surface area contributed by atoms with Crippen molar-refractivity contribution in [1.29, 1.82) is 0 Å². The van der Waals surface area contributed by atoms with E-state index in [0.29, 0.717) is 0 Å². The fourth-order valence-corrected chi connectivity index (χ4v) is 4.23. The predicted octanol–water partition coefficient (Wildman–Crippen LogP) is 6.19. The number of hydrogen-bond donors (Lipinski definition) is 1. The Kier molecular flexibility index (Phi) is 9.51. The molecule has 0 saturated carbocycles. The molecule has 1 fully saturated rings. The number of carbonyl (C=O) groups is 2. The number of halogens is 6. The summed E-state index contributed by atoms with van der Waals surface area (Å²) in [6, 6.07) is 8.63. The fourth-order valence-electron chi connectivity index (χ4n) is 3.78. The largest absolute Gasteiger partial charge is 0.620 e. The summed E-state index contributed by atoms with van der Waals surface area (Å²) in [6.45, 7) is 0.0993. The van der Waals surface area contributed by atoms with Crippen LogP contribution < -0.4 is 4.74 Å². The molecule has 0 unspecified atom stereocenters. The molecule has 202 valence electrons. The minimum absolute atomic E-state index is 0. The van der Waals surface area contributed by atoms with Crippen molar-refractivity contribution in [3.63, 3.8) is 0 Å². The number of alkyl halides is 3. The minimum atomic E-state index is -4.71. The third-order valence-corrected chi connectivity index (χ3v) is 6.10. The summed E-state index contributed by atoms with van der Waals surface area (Å²) in [5.74, 6) is -3.00. The molecule has 0 atom stereocenters. The maximum Gasteiger partial charge on any atom is 0.422 e. The van der Waals surface area contributed by atoms with Crippen molar-refractivity contribution in [2.45, 2.75) is 18.7 Å². The summed E-state index contributed by atoms with van der Waals surface area (Å²) in [7, 11) is 0. The van der Waals surface area contributed by atoms with Crippen LogP contribution in [0.5, 0.6) is 5.75 Å².